The molecule has 2 heterocycles. The third-order valence-corrected chi connectivity index (χ3v) is 4.70. The number of anilines is 1. The van der Waals surface area contributed by atoms with Gasteiger partial charge in [0.25, 0.3) is 0 Å². The lowest BCUT2D eigenvalue weighted by atomic mass is 10.1. The number of nitrogens with zero attached hydrogens (tertiary/aromatic N) is 4. The molecule has 2 aromatic rings. The number of likely N-dealkylation sites (N-methyl/N-ethyl adjacent to an activating group) is 1. The van der Waals surface area contributed by atoms with Crippen LogP contribution in [0.1, 0.15) is 26.7 Å². The zero-order valence-electron chi connectivity index (χ0n) is 13.5. The molecular weight excluding hydrogens is 312 g/mol. The topological polar surface area (TPSA) is 49.3 Å². The van der Waals surface area contributed by atoms with Gasteiger partial charge in [0.05, 0.1) is 5.52 Å². The van der Waals surface area contributed by atoms with Gasteiger partial charge in [0.2, 0.25) is 5.91 Å². The van der Waals surface area contributed by atoms with Gasteiger partial charge in [-0.15, -0.1) is 0 Å². The summed E-state index contributed by atoms with van der Waals surface area (Å²) in [6.45, 7) is 6.34. The Kier molecular flexibility index (Phi) is 4.66. The van der Waals surface area contributed by atoms with Crippen molar-refractivity contribution in [1.82, 2.24) is 14.9 Å². The van der Waals surface area contributed by atoms with Crippen LogP contribution in [0.15, 0.2) is 24.5 Å². The number of carbonyl (C=O) groups excluding carboxylic acids is 1. The highest BCUT2D eigenvalue weighted by atomic mass is 35.5. The summed E-state index contributed by atoms with van der Waals surface area (Å²) in [5.41, 5.74) is 0.809. The van der Waals surface area contributed by atoms with Crippen molar-refractivity contribution >= 4 is 34.2 Å². The number of carbonyl (C=O) groups is 1. The summed E-state index contributed by atoms with van der Waals surface area (Å²) in [6, 6.07) is 5.47. The first-order chi connectivity index (χ1) is 11.2. The number of amides is 1. The van der Waals surface area contributed by atoms with E-state index in [2.05, 4.69) is 14.9 Å². The van der Waals surface area contributed by atoms with Gasteiger partial charge in [-0.1, -0.05) is 11.6 Å². The molecule has 1 aromatic carbocycles. The summed E-state index contributed by atoms with van der Waals surface area (Å²) in [5, 5.41) is 1.59. The quantitative estimate of drug-likeness (QED) is 0.863. The molecule has 1 aliphatic rings. The minimum atomic E-state index is -0.135. The Morgan fingerprint density at radius 3 is 2.87 bits per heavy atom. The Hall–Kier alpha value is -1.88. The molecule has 1 saturated heterocycles. The van der Waals surface area contributed by atoms with Crippen LogP contribution in [-0.4, -0.2) is 46.5 Å². The van der Waals surface area contributed by atoms with Gasteiger partial charge < -0.3 is 9.80 Å². The molecule has 1 fully saturated rings. The molecule has 1 atom stereocenters. The van der Waals surface area contributed by atoms with Crippen molar-refractivity contribution in [2.45, 2.75) is 32.7 Å². The summed E-state index contributed by atoms with van der Waals surface area (Å²) in [5.74, 6) is 1.02. The third kappa shape index (κ3) is 2.98. The van der Waals surface area contributed by atoms with Crippen LogP contribution in [0, 0.1) is 0 Å². The van der Waals surface area contributed by atoms with Gasteiger partial charge >= 0.3 is 0 Å². The molecular formula is C17H21ClN4O. The van der Waals surface area contributed by atoms with Crippen molar-refractivity contribution < 1.29 is 4.79 Å². The van der Waals surface area contributed by atoms with E-state index < -0.39 is 0 Å². The highest BCUT2D eigenvalue weighted by Crippen LogP contribution is 2.31. The standard InChI is InChI=1S/C17H21ClN4O/c1-3-21(4-2)17(23)15-6-5-9-22(15)16-13-8-7-12(18)10-14(13)19-11-20-16/h7-8,10-11,15H,3-6,9H2,1-2H3. The second-order valence-electron chi connectivity index (χ2n) is 5.72. The second-order valence-corrected chi connectivity index (χ2v) is 6.16. The Labute approximate surface area is 141 Å². The van der Waals surface area contributed by atoms with Crippen molar-refractivity contribution in [2.75, 3.05) is 24.5 Å². The first-order valence-corrected chi connectivity index (χ1v) is 8.49. The number of aromatic nitrogens is 2. The van der Waals surface area contributed by atoms with E-state index in [4.69, 9.17) is 11.6 Å². The molecule has 1 aliphatic heterocycles. The first kappa shape index (κ1) is 16.0. The van der Waals surface area contributed by atoms with Crippen LogP contribution in [0.25, 0.3) is 10.9 Å². The predicted octanol–water partition coefficient (Wildman–Crippen LogP) is 3.12. The van der Waals surface area contributed by atoms with Gasteiger partial charge in [-0.3, -0.25) is 4.79 Å². The van der Waals surface area contributed by atoms with Crippen LogP contribution in [0.5, 0.6) is 0 Å². The van der Waals surface area contributed by atoms with Gasteiger partial charge in [0, 0.05) is 30.0 Å². The van der Waals surface area contributed by atoms with Crippen LogP contribution in [0.2, 0.25) is 5.02 Å². The zero-order valence-corrected chi connectivity index (χ0v) is 14.3. The zero-order chi connectivity index (χ0) is 16.4. The van der Waals surface area contributed by atoms with E-state index in [0.29, 0.717) is 5.02 Å². The minimum Gasteiger partial charge on any atom is -0.344 e. The van der Waals surface area contributed by atoms with Gasteiger partial charge in [0.1, 0.15) is 18.2 Å². The average molecular weight is 333 g/mol. The molecule has 1 aromatic heterocycles. The molecule has 0 spiro atoms. The summed E-state index contributed by atoms with van der Waals surface area (Å²) in [6.07, 6.45) is 3.41. The molecule has 0 bridgehead atoms. The van der Waals surface area contributed by atoms with Crippen molar-refractivity contribution in [3.05, 3.63) is 29.5 Å². The van der Waals surface area contributed by atoms with E-state index in [1.807, 2.05) is 36.9 Å². The predicted molar refractivity (Wildman–Crippen MR) is 92.8 cm³/mol. The van der Waals surface area contributed by atoms with Gasteiger partial charge in [0.15, 0.2) is 0 Å². The fourth-order valence-corrected chi connectivity index (χ4v) is 3.43. The van der Waals surface area contributed by atoms with E-state index in [1.165, 1.54) is 0 Å². The van der Waals surface area contributed by atoms with E-state index in [0.717, 1.165) is 49.2 Å². The van der Waals surface area contributed by atoms with Crippen molar-refractivity contribution in [3.63, 3.8) is 0 Å². The number of fused-ring (bicyclic) bond motifs is 1. The van der Waals surface area contributed by atoms with Crippen LogP contribution >= 0.6 is 11.6 Å². The van der Waals surface area contributed by atoms with Crippen molar-refractivity contribution in [3.8, 4) is 0 Å². The third-order valence-electron chi connectivity index (χ3n) is 4.46. The van der Waals surface area contributed by atoms with E-state index in [-0.39, 0.29) is 11.9 Å². The molecule has 5 nitrogen and oxygen atoms in total. The monoisotopic (exact) mass is 332 g/mol. The molecule has 23 heavy (non-hydrogen) atoms. The van der Waals surface area contributed by atoms with E-state index >= 15 is 0 Å². The smallest absolute Gasteiger partial charge is 0.245 e. The molecule has 0 aliphatic carbocycles. The Morgan fingerprint density at radius 1 is 1.35 bits per heavy atom. The number of benzene rings is 1. The summed E-state index contributed by atoms with van der Waals surface area (Å²) < 4.78 is 0. The van der Waals surface area contributed by atoms with Crippen molar-refractivity contribution in [1.29, 1.82) is 0 Å². The molecule has 6 heteroatoms. The Morgan fingerprint density at radius 2 is 2.13 bits per heavy atom. The average Bonchev–Trinajstić information content (AvgIpc) is 3.04. The molecule has 122 valence electrons. The molecule has 0 radical (unpaired) electrons. The maximum absolute atomic E-state index is 12.8. The summed E-state index contributed by atoms with van der Waals surface area (Å²) >= 11 is 6.05. The fourth-order valence-electron chi connectivity index (χ4n) is 3.27. The number of rotatable bonds is 4. The number of hydrogen-bond acceptors (Lipinski definition) is 4. The molecule has 0 N–H and O–H groups in total. The van der Waals surface area contributed by atoms with Crippen LogP contribution in [-0.2, 0) is 4.79 Å². The Balaban J connectivity index is 1.99. The first-order valence-electron chi connectivity index (χ1n) is 8.11. The number of hydrogen-bond donors (Lipinski definition) is 0. The van der Waals surface area contributed by atoms with Crippen LogP contribution in [0.4, 0.5) is 5.82 Å². The van der Waals surface area contributed by atoms with Crippen LogP contribution in [0.3, 0.4) is 0 Å². The second kappa shape index (κ2) is 6.71. The fraction of sp³-hybridized carbons (Fsp3) is 0.471. The summed E-state index contributed by atoms with van der Waals surface area (Å²) in [4.78, 5) is 25.6. The SMILES string of the molecule is CCN(CC)C(=O)C1CCCN1c1ncnc2cc(Cl)ccc12. The van der Waals surface area contributed by atoms with E-state index in [9.17, 15) is 4.79 Å². The van der Waals surface area contributed by atoms with Crippen LogP contribution < -0.4 is 4.90 Å². The lowest BCUT2D eigenvalue weighted by molar-refractivity contribution is -0.132. The van der Waals surface area contributed by atoms with Gasteiger partial charge in [-0.05, 0) is 44.9 Å². The maximum atomic E-state index is 12.8. The largest absolute Gasteiger partial charge is 0.344 e. The van der Waals surface area contributed by atoms with E-state index in [1.54, 1.807) is 6.33 Å². The molecule has 1 amide bonds. The molecule has 0 saturated carbocycles. The number of halogens is 1. The molecule has 3 rings (SSSR count). The van der Waals surface area contributed by atoms with Gasteiger partial charge in [-0.25, -0.2) is 9.97 Å². The highest BCUT2D eigenvalue weighted by molar-refractivity contribution is 6.31. The van der Waals surface area contributed by atoms with Gasteiger partial charge in [-0.2, -0.15) is 0 Å². The van der Waals surface area contributed by atoms with Crippen molar-refractivity contribution in [2.24, 2.45) is 0 Å². The molecule has 1 unspecified atom stereocenters. The normalized spacial score (nSPS) is 17.7. The lowest BCUT2D eigenvalue weighted by Crippen LogP contribution is -2.46. The lowest BCUT2D eigenvalue weighted by Gasteiger charge is -2.30. The minimum absolute atomic E-state index is 0.135. The summed E-state index contributed by atoms with van der Waals surface area (Å²) in [7, 11) is 0. The maximum Gasteiger partial charge on any atom is 0.245 e. The Bertz CT molecular complexity index is 717. The highest BCUT2D eigenvalue weighted by Gasteiger charge is 2.34.